The largest absolute Gasteiger partial charge is 0.492 e. The summed E-state index contributed by atoms with van der Waals surface area (Å²) in [5.74, 6) is 0.551. The highest BCUT2D eigenvalue weighted by atomic mass is 16.5. The van der Waals surface area contributed by atoms with Crippen molar-refractivity contribution in [1.82, 2.24) is 0 Å². The lowest BCUT2D eigenvalue weighted by atomic mass is 10.2. The van der Waals surface area contributed by atoms with E-state index in [0.29, 0.717) is 19.8 Å². The Labute approximate surface area is 143 Å². The fourth-order valence-corrected chi connectivity index (χ4v) is 2.07. The summed E-state index contributed by atoms with van der Waals surface area (Å²) in [6.45, 7) is 5.53. The number of benzene rings is 2. The van der Waals surface area contributed by atoms with Gasteiger partial charge in [0.15, 0.2) is 0 Å². The first kappa shape index (κ1) is 17.6. The molecule has 0 bridgehead atoms. The lowest BCUT2D eigenvalue weighted by Crippen LogP contribution is -2.11. The molecule has 4 heteroatoms. The van der Waals surface area contributed by atoms with Gasteiger partial charge in [-0.25, -0.2) is 4.79 Å². The second kappa shape index (κ2) is 9.40. The van der Waals surface area contributed by atoms with Crippen molar-refractivity contribution in [3.8, 4) is 5.75 Å². The number of anilines is 1. The van der Waals surface area contributed by atoms with Gasteiger partial charge in [0.1, 0.15) is 12.4 Å². The van der Waals surface area contributed by atoms with E-state index in [1.165, 1.54) is 11.6 Å². The Balaban J connectivity index is 1.73. The summed E-state index contributed by atoms with van der Waals surface area (Å²) in [7, 11) is 0. The van der Waals surface area contributed by atoms with Crippen LogP contribution in [-0.2, 0) is 9.53 Å². The van der Waals surface area contributed by atoms with E-state index in [9.17, 15) is 4.79 Å². The maximum absolute atomic E-state index is 11.3. The van der Waals surface area contributed by atoms with E-state index in [4.69, 9.17) is 9.47 Å². The number of esters is 1. The third-order valence-corrected chi connectivity index (χ3v) is 3.33. The molecule has 0 aliphatic carbocycles. The number of carbonyl (C=O) groups excluding carboxylic acids is 1. The maximum atomic E-state index is 11.3. The molecule has 0 aliphatic heterocycles. The predicted molar refractivity (Wildman–Crippen MR) is 97.3 cm³/mol. The van der Waals surface area contributed by atoms with Crippen LogP contribution in [0.3, 0.4) is 0 Å². The normalized spacial score (nSPS) is 10.6. The smallest absolute Gasteiger partial charge is 0.330 e. The minimum absolute atomic E-state index is 0.326. The Kier molecular flexibility index (Phi) is 6.90. The van der Waals surface area contributed by atoms with Crippen LogP contribution in [-0.4, -0.2) is 25.7 Å². The fourth-order valence-electron chi connectivity index (χ4n) is 2.07. The van der Waals surface area contributed by atoms with Crippen molar-refractivity contribution in [3.63, 3.8) is 0 Å². The Hall–Kier alpha value is -2.75. The van der Waals surface area contributed by atoms with Crippen LogP contribution in [0.25, 0.3) is 6.08 Å². The molecule has 0 radical (unpaired) electrons. The molecule has 0 aliphatic rings. The molecule has 0 saturated heterocycles. The van der Waals surface area contributed by atoms with Gasteiger partial charge in [0.25, 0.3) is 0 Å². The van der Waals surface area contributed by atoms with Crippen molar-refractivity contribution in [2.45, 2.75) is 13.8 Å². The second-order valence-corrected chi connectivity index (χ2v) is 5.30. The average molecular weight is 325 g/mol. The molecule has 0 amide bonds. The Morgan fingerprint density at radius 3 is 2.46 bits per heavy atom. The van der Waals surface area contributed by atoms with E-state index < -0.39 is 0 Å². The van der Waals surface area contributed by atoms with Crippen LogP contribution in [0.1, 0.15) is 18.1 Å². The quantitative estimate of drug-likeness (QED) is 0.452. The van der Waals surface area contributed by atoms with Gasteiger partial charge in [-0.05, 0) is 49.8 Å². The van der Waals surface area contributed by atoms with Gasteiger partial charge in [-0.15, -0.1) is 0 Å². The fraction of sp³-hybridized carbons (Fsp3) is 0.250. The number of aryl methyl sites for hydroxylation is 1. The zero-order valence-corrected chi connectivity index (χ0v) is 14.1. The van der Waals surface area contributed by atoms with Crippen LogP contribution in [0, 0.1) is 6.92 Å². The highest BCUT2D eigenvalue weighted by molar-refractivity contribution is 5.87. The summed E-state index contributed by atoms with van der Waals surface area (Å²) < 4.78 is 10.5. The van der Waals surface area contributed by atoms with Crippen LogP contribution >= 0.6 is 0 Å². The molecule has 4 nitrogen and oxygen atoms in total. The summed E-state index contributed by atoms with van der Waals surface area (Å²) in [6.07, 6.45) is 3.17. The monoisotopic (exact) mass is 325 g/mol. The summed E-state index contributed by atoms with van der Waals surface area (Å²) in [6, 6.07) is 15.8. The molecule has 2 aromatic rings. The van der Waals surface area contributed by atoms with Gasteiger partial charge in [0, 0.05) is 18.3 Å². The van der Waals surface area contributed by atoms with Crippen molar-refractivity contribution < 1.29 is 14.3 Å². The third-order valence-electron chi connectivity index (χ3n) is 3.33. The molecule has 24 heavy (non-hydrogen) atoms. The molecule has 0 spiro atoms. The average Bonchev–Trinajstić information content (AvgIpc) is 2.60. The lowest BCUT2D eigenvalue weighted by Gasteiger charge is -2.09. The van der Waals surface area contributed by atoms with Crippen molar-refractivity contribution in [2.24, 2.45) is 0 Å². The predicted octanol–water partition coefficient (Wildman–Crippen LogP) is 4.06. The summed E-state index contributed by atoms with van der Waals surface area (Å²) in [5.41, 5.74) is 3.18. The summed E-state index contributed by atoms with van der Waals surface area (Å²) in [5, 5.41) is 3.30. The molecule has 1 N–H and O–H groups in total. The number of hydrogen-bond acceptors (Lipinski definition) is 4. The second-order valence-electron chi connectivity index (χ2n) is 5.30. The number of hydrogen-bond donors (Lipinski definition) is 1. The number of nitrogens with one attached hydrogen (secondary N) is 1. The molecular weight excluding hydrogens is 302 g/mol. The first-order valence-corrected chi connectivity index (χ1v) is 8.05. The molecule has 0 saturated carbocycles. The zero-order valence-electron chi connectivity index (χ0n) is 14.1. The van der Waals surface area contributed by atoms with Gasteiger partial charge in [0.2, 0.25) is 0 Å². The number of rotatable bonds is 8. The van der Waals surface area contributed by atoms with Crippen LogP contribution in [0.2, 0.25) is 0 Å². The van der Waals surface area contributed by atoms with Crippen molar-refractivity contribution in [2.75, 3.05) is 25.1 Å². The Bertz CT molecular complexity index is 660. The van der Waals surface area contributed by atoms with Gasteiger partial charge >= 0.3 is 5.97 Å². The van der Waals surface area contributed by atoms with Crippen LogP contribution in [0.15, 0.2) is 54.6 Å². The van der Waals surface area contributed by atoms with E-state index in [0.717, 1.165) is 17.0 Å². The molecule has 2 aromatic carbocycles. The zero-order chi connectivity index (χ0) is 17.2. The van der Waals surface area contributed by atoms with Crippen LogP contribution < -0.4 is 10.1 Å². The van der Waals surface area contributed by atoms with Crippen LogP contribution in [0.4, 0.5) is 5.69 Å². The standard InChI is InChI=1S/C20H23NO3/c1-3-23-20(22)13-8-17-6-9-18(10-7-17)21-14-15-24-19-11-4-16(2)5-12-19/h4-13,21H,3,14-15H2,1-2H3/b13-8+. The van der Waals surface area contributed by atoms with Crippen LogP contribution in [0.5, 0.6) is 5.75 Å². The van der Waals surface area contributed by atoms with Gasteiger partial charge < -0.3 is 14.8 Å². The van der Waals surface area contributed by atoms with Gasteiger partial charge in [0.05, 0.1) is 6.61 Å². The topological polar surface area (TPSA) is 47.6 Å². The minimum atomic E-state index is -0.326. The van der Waals surface area contributed by atoms with Gasteiger partial charge in [-0.1, -0.05) is 29.8 Å². The van der Waals surface area contributed by atoms with Gasteiger partial charge in [-0.2, -0.15) is 0 Å². The highest BCUT2D eigenvalue weighted by Crippen LogP contribution is 2.12. The molecular formula is C20H23NO3. The van der Waals surface area contributed by atoms with E-state index in [-0.39, 0.29) is 5.97 Å². The maximum Gasteiger partial charge on any atom is 0.330 e. The first-order chi connectivity index (χ1) is 11.7. The third kappa shape index (κ3) is 6.16. The number of carbonyl (C=O) groups is 1. The molecule has 0 aromatic heterocycles. The Morgan fingerprint density at radius 2 is 1.79 bits per heavy atom. The van der Waals surface area contributed by atoms with E-state index in [1.54, 1.807) is 13.0 Å². The Morgan fingerprint density at radius 1 is 1.08 bits per heavy atom. The van der Waals surface area contributed by atoms with E-state index >= 15 is 0 Å². The van der Waals surface area contributed by atoms with Gasteiger partial charge in [-0.3, -0.25) is 0 Å². The highest BCUT2D eigenvalue weighted by Gasteiger charge is 1.96. The minimum Gasteiger partial charge on any atom is -0.492 e. The molecule has 0 fully saturated rings. The molecule has 0 atom stereocenters. The SMILES string of the molecule is CCOC(=O)/C=C/c1ccc(NCCOc2ccc(C)cc2)cc1. The molecule has 2 rings (SSSR count). The summed E-state index contributed by atoms with van der Waals surface area (Å²) in [4.78, 5) is 11.3. The van der Waals surface area contributed by atoms with Crippen molar-refractivity contribution in [1.29, 1.82) is 0 Å². The molecule has 0 heterocycles. The van der Waals surface area contributed by atoms with Crippen molar-refractivity contribution >= 4 is 17.7 Å². The van der Waals surface area contributed by atoms with Crippen molar-refractivity contribution in [3.05, 3.63) is 65.7 Å². The van der Waals surface area contributed by atoms with E-state index in [2.05, 4.69) is 12.2 Å². The number of ether oxygens (including phenoxy) is 2. The lowest BCUT2D eigenvalue weighted by molar-refractivity contribution is -0.137. The van der Waals surface area contributed by atoms with E-state index in [1.807, 2.05) is 48.5 Å². The molecule has 0 unspecified atom stereocenters. The summed E-state index contributed by atoms with van der Waals surface area (Å²) >= 11 is 0. The first-order valence-electron chi connectivity index (χ1n) is 8.05. The molecule has 126 valence electrons.